The van der Waals surface area contributed by atoms with Gasteiger partial charge < -0.3 is 4.74 Å². The second-order valence-corrected chi connectivity index (χ2v) is 4.80. The molecule has 0 bridgehead atoms. The van der Waals surface area contributed by atoms with Gasteiger partial charge in [0.15, 0.2) is 11.6 Å². The molecular formula is C13H8BrFN4O. The summed E-state index contributed by atoms with van der Waals surface area (Å²) in [5.41, 5.74) is 0.725. The lowest BCUT2D eigenvalue weighted by atomic mass is 10.3. The number of tetrazole rings is 1. The summed E-state index contributed by atoms with van der Waals surface area (Å²) < 4.78 is 21.2. The molecule has 100 valence electrons. The third-order valence-electron chi connectivity index (χ3n) is 2.54. The number of benzene rings is 2. The van der Waals surface area contributed by atoms with E-state index in [2.05, 4.69) is 31.5 Å². The summed E-state index contributed by atoms with van der Waals surface area (Å²) in [7, 11) is 0. The van der Waals surface area contributed by atoms with Gasteiger partial charge >= 0.3 is 6.01 Å². The molecule has 3 aromatic rings. The SMILES string of the molecule is Fc1ccc(Br)cc1Oc1nnnn1-c1ccccc1. The van der Waals surface area contributed by atoms with Crippen molar-refractivity contribution in [3.05, 3.63) is 58.8 Å². The van der Waals surface area contributed by atoms with Crippen molar-refractivity contribution in [1.82, 2.24) is 20.2 Å². The monoisotopic (exact) mass is 334 g/mol. The molecule has 1 aromatic heterocycles. The van der Waals surface area contributed by atoms with E-state index in [0.717, 1.165) is 5.69 Å². The molecule has 0 amide bonds. The number of halogens is 2. The van der Waals surface area contributed by atoms with Gasteiger partial charge in [-0.3, -0.25) is 0 Å². The summed E-state index contributed by atoms with van der Waals surface area (Å²) in [4.78, 5) is 0. The van der Waals surface area contributed by atoms with Gasteiger partial charge in [0.2, 0.25) is 0 Å². The Morgan fingerprint density at radius 3 is 2.70 bits per heavy atom. The van der Waals surface area contributed by atoms with E-state index in [1.165, 1.54) is 16.8 Å². The fraction of sp³-hybridized carbons (Fsp3) is 0. The Hall–Kier alpha value is -2.28. The first kappa shape index (κ1) is 12.7. The third-order valence-corrected chi connectivity index (χ3v) is 3.03. The minimum Gasteiger partial charge on any atom is -0.420 e. The van der Waals surface area contributed by atoms with Crippen LogP contribution in [0.5, 0.6) is 11.8 Å². The Morgan fingerprint density at radius 2 is 1.90 bits per heavy atom. The predicted molar refractivity (Wildman–Crippen MR) is 73.3 cm³/mol. The molecule has 7 heteroatoms. The van der Waals surface area contributed by atoms with Crippen molar-refractivity contribution < 1.29 is 9.13 Å². The van der Waals surface area contributed by atoms with Gasteiger partial charge in [0.1, 0.15) is 0 Å². The molecule has 0 spiro atoms. The van der Waals surface area contributed by atoms with E-state index in [-0.39, 0.29) is 11.8 Å². The topological polar surface area (TPSA) is 52.8 Å². The van der Waals surface area contributed by atoms with Gasteiger partial charge in [0, 0.05) is 4.47 Å². The van der Waals surface area contributed by atoms with E-state index in [1.807, 2.05) is 30.3 Å². The van der Waals surface area contributed by atoms with Crippen LogP contribution in [0, 0.1) is 5.82 Å². The average Bonchev–Trinajstić information content (AvgIpc) is 2.92. The Morgan fingerprint density at radius 1 is 1.10 bits per heavy atom. The van der Waals surface area contributed by atoms with Crippen molar-refractivity contribution in [2.75, 3.05) is 0 Å². The smallest absolute Gasteiger partial charge is 0.346 e. The van der Waals surface area contributed by atoms with Crippen molar-refractivity contribution in [2.24, 2.45) is 0 Å². The summed E-state index contributed by atoms with van der Waals surface area (Å²) in [6.45, 7) is 0. The number of hydrogen-bond donors (Lipinski definition) is 0. The Kier molecular flexibility index (Phi) is 3.42. The van der Waals surface area contributed by atoms with Crippen LogP contribution in [-0.4, -0.2) is 20.2 Å². The molecule has 0 saturated carbocycles. The predicted octanol–water partition coefficient (Wildman–Crippen LogP) is 3.36. The van der Waals surface area contributed by atoms with Crippen molar-refractivity contribution in [3.8, 4) is 17.4 Å². The van der Waals surface area contributed by atoms with Crippen LogP contribution in [0.4, 0.5) is 4.39 Å². The zero-order valence-electron chi connectivity index (χ0n) is 10.1. The lowest BCUT2D eigenvalue weighted by Crippen LogP contribution is -2.00. The maximum atomic E-state index is 13.7. The van der Waals surface area contributed by atoms with E-state index in [9.17, 15) is 4.39 Å². The normalized spacial score (nSPS) is 10.5. The summed E-state index contributed by atoms with van der Waals surface area (Å²) in [5.74, 6) is -0.442. The maximum absolute atomic E-state index is 13.7. The number of hydrogen-bond acceptors (Lipinski definition) is 4. The van der Waals surface area contributed by atoms with Crippen molar-refractivity contribution in [3.63, 3.8) is 0 Å². The van der Waals surface area contributed by atoms with Crippen LogP contribution in [0.15, 0.2) is 53.0 Å². The van der Waals surface area contributed by atoms with E-state index in [0.29, 0.717) is 4.47 Å². The lowest BCUT2D eigenvalue weighted by molar-refractivity contribution is 0.399. The van der Waals surface area contributed by atoms with Gasteiger partial charge in [-0.1, -0.05) is 39.2 Å². The van der Waals surface area contributed by atoms with Gasteiger partial charge in [-0.05, 0) is 40.8 Å². The molecular weight excluding hydrogens is 327 g/mol. The fourth-order valence-electron chi connectivity index (χ4n) is 1.63. The molecule has 0 saturated heterocycles. The number of para-hydroxylation sites is 1. The summed E-state index contributed by atoms with van der Waals surface area (Å²) >= 11 is 3.26. The van der Waals surface area contributed by atoms with Crippen LogP contribution < -0.4 is 4.74 Å². The van der Waals surface area contributed by atoms with E-state index >= 15 is 0 Å². The van der Waals surface area contributed by atoms with Crippen LogP contribution in [0.1, 0.15) is 0 Å². The molecule has 1 heterocycles. The Balaban J connectivity index is 1.97. The van der Waals surface area contributed by atoms with Crippen LogP contribution >= 0.6 is 15.9 Å². The highest BCUT2D eigenvalue weighted by atomic mass is 79.9. The van der Waals surface area contributed by atoms with Crippen molar-refractivity contribution in [1.29, 1.82) is 0 Å². The number of rotatable bonds is 3. The number of ether oxygens (including phenoxy) is 1. The van der Waals surface area contributed by atoms with Gasteiger partial charge in [0.25, 0.3) is 0 Å². The van der Waals surface area contributed by atoms with Gasteiger partial charge in [0.05, 0.1) is 5.69 Å². The van der Waals surface area contributed by atoms with E-state index < -0.39 is 5.82 Å². The van der Waals surface area contributed by atoms with Crippen LogP contribution in [-0.2, 0) is 0 Å². The summed E-state index contributed by atoms with van der Waals surface area (Å²) in [5, 5.41) is 11.1. The van der Waals surface area contributed by atoms with Crippen LogP contribution in [0.25, 0.3) is 5.69 Å². The van der Waals surface area contributed by atoms with E-state index in [4.69, 9.17) is 4.74 Å². The van der Waals surface area contributed by atoms with Gasteiger partial charge in [-0.2, -0.15) is 4.68 Å². The molecule has 3 rings (SSSR count). The fourth-order valence-corrected chi connectivity index (χ4v) is 1.97. The molecule has 0 fully saturated rings. The molecule has 0 N–H and O–H groups in total. The Labute approximate surface area is 122 Å². The highest BCUT2D eigenvalue weighted by molar-refractivity contribution is 9.10. The number of nitrogens with zero attached hydrogens (tertiary/aromatic N) is 4. The Bertz CT molecular complexity index is 732. The first-order chi connectivity index (χ1) is 9.74. The third kappa shape index (κ3) is 2.53. The largest absolute Gasteiger partial charge is 0.420 e. The van der Waals surface area contributed by atoms with Gasteiger partial charge in [-0.25, -0.2) is 4.39 Å². The zero-order chi connectivity index (χ0) is 13.9. The molecule has 0 atom stereocenters. The molecule has 0 radical (unpaired) electrons. The van der Waals surface area contributed by atoms with Gasteiger partial charge in [-0.15, -0.1) is 0 Å². The molecule has 0 aliphatic carbocycles. The highest BCUT2D eigenvalue weighted by Gasteiger charge is 2.13. The molecule has 0 aliphatic rings. The first-order valence-electron chi connectivity index (χ1n) is 5.71. The molecule has 5 nitrogen and oxygen atoms in total. The van der Waals surface area contributed by atoms with Crippen molar-refractivity contribution in [2.45, 2.75) is 0 Å². The van der Waals surface area contributed by atoms with Crippen LogP contribution in [0.3, 0.4) is 0 Å². The molecule has 20 heavy (non-hydrogen) atoms. The highest BCUT2D eigenvalue weighted by Crippen LogP contribution is 2.27. The quantitative estimate of drug-likeness (QED) is 0.737. The minimum atomic E-state index is -0.490. The lowest BCUT2D eigenvalue weighted by Gasteiger charge is -2.07. The van der Waals surface area contributed by atoms with Crippen LogP contribution in [0.2, 0.25) is 0 Å². The van der Waals surface area contributed by atoms with Crippen molar-refractivity contribution >= 4 is 15.9 Å². The maximum Gasteiger partial charge on any atom is 0.346 e. The molecule has 2 aromatic carbocycles. The summed E-state index contributed by atoms with van der Waals surface area (Å²) in [6.07, 6.45) is 0. The zero-order valence-corrected chi connectivity index (χ0v) is 11.7. The molecule has 0 unspecified atom stereocenters. The second kappa shape index (κ2) is 5.38. The minimum absolute atomic E-state index is 0.0476. The number of aromatic nitrogens is 4. The average molecular weight is 335 g/mol. The summed E-state index contributed by atoms with van der Waals surface area (Å²) in [6, 6.07) is 13.7. The standard InChI is InChI=1S/C13H8BrFN4O/c14-9-6-7-11(15)12(8-9)20-13-16-17-18-19(13)10-4-2-1-3-5-10/h1-8H. The van der Waals surface area contributed by atoms with E-state index in [1.54, 1.807) is 6.07 Å². The first-order valence-corrected chi connectivity index (χ1v) is 6.50. The molecule has 0 aliphatic heterocycles. The second-order valence-electron chi connectivity index (χ2n) is 3.89.